The molecule has 0 radical (unpaired) electrons. The van der Waals surface area contributed by atoms with Gasteiger partial charge in [0.2, 0.25) is 0 Å². The van der Waals surface area contributed by atoms with Crippen molar-refractivity contribution < 1.29 is 14.3 Å². The first kappa shape index (κ1) is 18.7. The van der Waals surface area contributed by atoms with E-state index in [1.165, 1.54) is 0 Å². The largest absolute Gasteiger partial charge is 0.497 e. The Bertz CT molecular complexity index is 965. The van der Waals surface area contributed by atoms with Crippen molar-refractivity contribution in [1.29, 1.82) is 5.26 Å². The summed E-state index contributed by atoms with van der Waals surface area (Å²) in [5.74, 6) is 0.726. The molecule has 6 nitrogen and oxygen atoms in total. The van der Waals surface area contributed by atoms with E-state index in [1.807, 2.05) is 42.2 Å². The maximum Gasteiger partial charge on any atom is 0.266 e. The molecule has 0 spiro atoms. The highest BCUT2D eigenvalue weighted by atomic mass is 32.1. The molecule has 27 heavy (non-hydrogen) atoms. The van der Waals surface area contributed by atoms with Crippen molar-refractivity contribution in [3.8, 4) is 17.6 Å². The Hall–Kier alpha value is -3.11. The van der Waals surface area contributed by atoms with Gasteiger partial charge in [0.1, 0.15) is 29.3 Å². The molecule has 0 bridgehead atoms. The molecule has 138 valence electrons. The van der Waals surface area contributed by atoms with E-state index in [-0.39, 0.29) is 10.6 Å². The Balaban J connectivity index is 2.25. The number of nitrogens with one attached hydrogen (secondary N) is 1. The number of aryl methyl sites for hydroxylation is 1. The van der Waals surface area contributed by atoms with Gasteiger partial charge in [0, 0.05) is 11.3 Å². The summed E-state index contributed by atoms with van der Waals surface area (Å²) in [6, 6.07) is 15.0. The van der Waals surface area contributed by atoms with E-state index in [2.05, 4.69) is 17.9 Å². The number of para-hydroxylation sites is 1. The summed E-state index contributed by atoms with van der Waals surface area (Å²) in [7, 11) is 3.13. The van der Waals surface area contributed by atoms with Crippen LogP contribution in [0.4, 0.5) is 5.69 Å². The van der Waals surface area contributed by atoms with Crippen molar-refractivity contribution in [1.82, 2.24) is 5.32 Å². The minimum absolute atomic E-state index is 0.0419. The standard InChI is InChI=1S/C20H19N3O3S/c1-12-6-4-5-7-16(12)23-18(22-19(24)15(11-21)20(23)27)14-10-13(25-2)8-9-17(14)26-3/h4-10,18,27H,1-3H3,(H,22,24)/t18-/m0/s1. The second-order valence-corrected chi connectivity index (χ2v) is 6.37. The minimum Gasteiger partial charge on any atom is -0.497 e. The summed E-state index contributed by atoms with van der Waals surface area (Å²) < 4.78 is 10.8. The van der Waals surface area contributed by atoms with E-state index in [0.717, 1.165) is 11.3 Å². The molecule has 7 heteroatoms. The van der Waals surface area contributed by atoms with E-state index in [4.69, 9.17) is 9.47 Å². The third kappa shape index (κ3) is 3.32. The van der Waals surface area contributed by atoms with Crippen LogP contribution in [0.25, 0.3) is 0 Å². The topological polar surface area (TPSA) is 74.6 Å². The van der Waals surface area contributed by atoms with E-state index < -0.39 is 12.1 Å². The van der Waals surface area contributed by atoms with Crippen molar-refractivity contribution in [2.45, 2.75) is 13.1 Å². The van der Waals surface area contributed by atoms with Crippen LogP contribution >= 0.6 is 12.6 Å². The third-order valence-electron chi connectivity index (χ3n) is 4.42. The van der Waals surface area contributed by atoms with Crippen LogP contribution < -0.4 is 19.7 Å². The highest BCUT2D eigenvalue weighted by Gasteiger charge is 2.36. The molecule has 1 aliphatic heterocycles. The summed E-state index contributed by atoms with van der Waals surface area (Å²) in [6.45, 7) is 1.96. The fourth-order valence-corrected chi connectivity index (χ4v) is 3.44. The third-order valence-corrected chi connectivity index (χ3v) is 4.86. The van der Waals surface area contributed by atoms with Crippen LogP contribution in [-0.4, -0.2) is 20.1 Å². The van der Waals surface area contributed by atoms with Crippen LogP contribution in [0.1, 0.15) is 17.3 Å². The summed E-state index contributed by atoms with van der Waals surface area (Å²) in [4.78, 5) is 14.3. The Morgan fingerprint density at radius 2 is 1.93 bits per heavy atom. The summed E-state index contributed by atoms with van der Waals surface area (Å²) in [5.41, 5.74) is 2.45. The second kappa shape index (κ2) is 7.64. The number of methoxy groups -OCH3 is 2. The molecular formula is C20H19N3O3S. The molecule has 1 aliphatic rings. The number of benzene rings is 2. The van der Waals surface area contributed by atoms with Gasteiger partial charge < -0.3 is 19.7 Å². The van der Waals surface area contributed by atoms with Crippen LogP contribution in [0.2, 0.25) is 0 Å². The van der Waals surface area contributed by atoms with Gasteiger partial charge in [-0.05, 0) is 36.8 Å². The van der Waals surface area contributed by atoms with Crippen molar-refractivity contribution in [2.75, 3.05) is 19.1 Å². The number of ether oxygens (including phenoxy) is 2. The number of thiol groups is 1. The molecule has 1 N–H and O–H groups in total. The second-order valence-electron chi connectivity index (χ2n) is 5.95. The van der Waals surface area contributed by atoms with Gasteiger partial charge in [0.05, 0.1) is 19.2 Å². The molecule has 0 aliphatic carbocycles. The van der Waals surface area contributed by atoms with Gasteiger partial charge in [0.15, 0.2) is 0 Å². The molecule has 1 heterocycles. The van der Waals surface area contributed by atoms with E-state index in [9.17, 15) is 10.1 Å². The van der Waals surface area contributed by atoms with Gasteiger partial charge >= 0.3 is 0 Å². The van der Waals surface area contributed by atoms with Crippen molar-refractivity contribution in [3.05, 3.63) is 64.2 Å². The lowest BCUT2D eigenvalue weighted by atomic mass is 10.0. The first-order chi connectivity index (χ1) is 13.0. The number of anilines is 1. The number of carbonyl (C=O) groups is 1. The Kier molecular flexibility index (Phi) is 5.28. The van der Waals surface area contributed by atoms with Gasteiger partial charge in [-0.2, -0.15) is 5.26 Å². The summed E-state index contributed by atoms with van der Waals surface area (Å²) in [5, 5.41) is 12.6. The Morgan fingerprint density at radius 3 is 2.56 bits per heavy atom. The van der Waals surface area contributed by atoms with Gasteiger partial charge in [-0.3, -0.25) is 4.79 Å². The maximum atomic E-state index is 12.5. The number of amides is 1. The van der Waals surface area contributed by atoms with Crippen LogP contribution in [0.5, 0.6) is 11.5 Å². The normalized spacial score (nSPS) is 16.6. The van der Waals surface area contributed by atoms with Crippen molar-refractivity contribution >= 4 is 24.2 Å². The molecule has 1 atom stereocenters. The van der Waals surface area contributed by atoms with Gasteiger partial charge in [-0.15, -0.1) is 12.6 Å². The smallest absolute Gasteiger partial charge is 0.266 e. The number of nitrogens with zero attached hydrogens (tertiary/aromatic N) is 2. The van der Waals surface area contributed by atoms with Crippen LogP contribution in [0.15, 0.2) is 53.1 Å². The van der Waals surface area contributed by atoms with Crippen molar-refractivity contribution in [3.63, 3.8) is 0 Å². The monoisotopic (exact) mass is 381 g/mol. The lowest BCUT2D eigenvalue weighted by Crippen LogP contribution is -2.46. The molecule has 2 aromatic rings. The Morgan fingerprint density at radius 1 is 1.19 bits per heavy atom. The van der Waals surface area contributed by atoms with E-state index >= 15 is 0 Å². The summed E-state index contributed by atoms with van der Waals surface area (Å²) >= 11 is 4.52. The fourth-order valence-electron chi connectivity index (χ4n) is 3.06. The molecule has 3 rings (SSSR count). The fraction of sp³-hybridized carbons (Fsp3) is 0.200. The number of carbonyl (C=O) groups excluding carboxylic acids is 1. The number of hydrogen-bond acceptors (Lipinski definition) is 6. The molecular weight excluding hydrogens is 362 g/mol. The molecule has 0 unspecified atom stereocenters. The molecule has 0 aromatic heterocycles. The van der Waals surface area contributed by atoms with Crippen LogP contribution in [0, 0.1) is 18.3 Å². The molecule has 1 amide bonds. The minimum atomic E-state index is -0.617. The highest BCUT2D eigenvalue weighted by molar-refractivity contribution is 7.84. The molecule has 0 saturated carbocycles. The van der Waals surface area contributed by atoms with Crippen LogP contribution in [-0.2, 0) is 4.79 Å². The predicted molar refractivity (Wildman–Crippen MR) is 106 cm³/mol. The zero-order chi connectivity index (χ0) is 19.6. The SMILES string of the molecule is COc1ccc(OC)c([C@H]2NC(=O)C(C#N)=C(S)N2c2ccccc2C)c1. The average Bonchev–Trinajstić information content (AvgIpc) is 2.68. The first-order valence-corrected chi connectivity index (χ1v) is 8.67. The molecule has 2 aromatic carbocycles. The maximum absolute atomic E-state index is 12.5. The predicted octanol–water partition coefficient (Wildman–Crippen LogP) is 3.31. The summed E-state index contributed by atoms with van der Waals surface area (Å²) in [6.07, 6.45) is -0.617. The lowest BCUT2D eigenvalue weighted by molar-refractivity contribution is -0.118. The Labute approximate surface area is 163 Å². The quantitative estimate of drug-likeness (QED) is 0.795. The van der Waals surface area contributed by atoms with E-state index in [0.29, 0.717) is 17.1 Å². The first-order valence-electron chi connectivity index (χ1n) is 8.22. The number of hydrogen-bond donors (Lipinski definition) is 2. The van der Waals surface area contributed by atoms with Crippen LogP contribution in [0.3, 0.4) is 0 Å². The van der Waals surface area contributed by atoms with Gasteiger partial charge in [-0.1, -0.05) is 18.2 Å². The lowest BCUT2D eigenvalue weighted by Gasteiger charge is -2.39. The highest BCUT2D eigenvalue weighted by Crippen LogP contribution is 2.40. The van der Waals surface area contributed by atoms with Gasteiger partial charge in [-0.25, -0.2) is 0 Å². The van der Waals surface area contributed by atoms with E-state index in [1.54, 1.807) is 32.4 Å². The van der Waals surface area contributed by atoms with Crippen molar-refractivity contribution in [2.24, 2.45) is 0 Å². The zero-order valence-electron chi connectivity index (χ0n) is 15.2. The molecule has 0 saturated heterocycles. The average molecular weight is 381 g/mol. The number of rotatable bonds is 4. The number of nitriles is 1. The van der Waals surface area contributed by atoms with Gasteiger partial charge in [0.25, 0.3) is 5.91 Å². The zero-order valence-corrected chi connectivity index (χ0v) is 16.1. The molecule has 0 fully saturated rings.